The van der Waals surface area contributed by atoms with Gasteiger partial charge >= 0.3 is 5.37 Å². The van der Waals surface area contributed by atoms with Crippen molar-refractivity contribution in [3.63, 3.8) is 0 Å². The largest absolute Gasteiger partial charge is 0.383 e. The van der Waals surface area contributed by atoms with E-state index in [1.54, 1.807) is 7.11 Å². The minimum absolute atomic E-state index is 0.463. The first-order valence-electron chi connectivity index (χ1n) is 5.10. The summed E-state index contributed by atoms with van der Waals surface area (Å²) >= 11 is 5.59. The quantitative estimate of drug-likeness (QED) is 0.599. The van der Waals surface area contributed by atoms with Gasteiger partial charge in [-0.2, -0.15) is 0 Å². The van der Waals surface area contributed by atoms with Crippen LogP contribution in [-0.4, -0.2) is 25.6 Å². The van der Waals surface area contributed by atoms with Gasteiger partial charge in [-0.15, -0.1) is 0 Å². The second-order valence-corrected chi connectivity index (χ2v) is 3.96. The average molecular weight is 242 g/mol. The highest BCUT2D eigenvalue weighted by atomic mass is 35.5. The number of benzene rings is 1. The molecular formula is C12H16ClNO2. The van der Waals surface area contributed by atoms with Gasteiger partial charge in [0.1, 0.15) is 0 Å². The van der Waals surface area contributed by atoms with Crippen molar-refractivity contribution in [1.29, 1.82) is 0 Å². The minimum atomic E-state index is -0.477. The van der Waals surface area contributed by atoms with Gasteiger partial charge in [-0.25, -0.2) is 0 Å². The van der Waals surface area contributed by atoms with Crippen LogP contribution in [0.2, 0.25) is 0 Å². The summed E-state index contributed by atoms with van der Waals surface area (Å²) in [6, 6.07) is 5.88. The van der Waals surface area contributed by atoms with Crippen molar-refractivity contribution in [3.05, 3.63) is 29.3 Å². The van der Waals surface area contributed by atoms with E-state index in [0.29, 0.717) is 13.2 Å². The number of ether oxygens (including phenoxy) is 1. The molecule has 0 aromatic heterocycles. The molecule has 0 aliphatic heterocycles. The maximum absolute atomic E-state index is 11.4. The molecular weight excluding hydrogens is 226 g/mol. The van der Waals surface area contributed by atoms with Crippen LogP contribution in [-0.2, 0) is 4.74 Å². The predicted octanol–water partition coefficient (Wildman–Crippen LogP) is 3.12. The first kappa shape index (κ1) is 13.0. The second-order valence-electron chi connectivity index (χ2n) is 3.64. The zero-order valence-electron chi connectivity index (χ0n) is 9.79. The number of anilines is 1. The van der Waals surface area contributed by atoms with Crippen LogP contribution < -0.4 is 4.90 Å². The van der Waals surface area contributed by atoms with Gasteiger partial charge in [0.25, 0.3) is 0 Å². The number of nitrogens with zero attached hydrogens (tertiary/aromatic N) is 1. The molecule has 0 fully saturated rings. The van der Waals surface area contributed by atoms with E-state index in [9.17, 15) is 4.79 Å². The third-order valence-corrected chi connectivity index (χ3v) is 2.64. The van der Waals surface area contributed by atoms with E-state index in [1.165, 1.54) is 4.90 Å². The van der Waals surface area contributed by atoms with Gasteiger partial charge in [0, 0.05) is 7.11 Å². The number of hydrogen-bond acceptors (Lipinski definition) is 2. The summed E-state index contributed by atoms with van der Waals surface area (Å²) in [5.74, 6) is 0. The first-order chi connectivity index (χ1) is 7.57. The Morgan fingerprint density at radius 3 is 2.38 bits per heavy atom. The van der Waals surface area contributed by atoms with Crippen molar-refractivity contribution >= 4 is 22.7 Å². The van der Waals surface area contributed by atoms with Gasteiger partial charge < -0.3 is 4.74 Å². The summed E-state index contributed by atoms with van der Waals surface area (Å²) in [6.45, 7) is 4.85. The fourth-order valence-corrected chi connectivity index (χ4v) is 1.87. The van der Waals surface area contributed by atoms with E-state index >= 15 is 0 Å². The molecule has 1 rings (SSSR count). The monoisotopic (exact) mass is 241 g/mol. The average Bonchev–Trinajstić information content (AvgIpc) is 2.21. The van der Waals surface area contributed by atoms with Crippen LogP contribution in [0.3, 0.4) is 0 Å². The van der Waals surface area contributed by atoms with Crippen LogP contribution in [0.1, 0.15) is 11.1 Å². The number of hydrogen-bond donors (Lipinski definition) is 0. The Kier molecular flexibility index (Phi) is 4.77. The van der Waals surface area contributed by atoms with Crippen LogP contribution >= 0.6 is 11.6 Å². The highest BCUT2D eigenvalue weighted by Crippen LogP contribution is 2.25. The maximum Gasteiger partial charge on any atom is 0.320 e. The molecule has 16 heavy (non-hydrogen) atoms. The molecule has 0 atom stereocenters. The van der Waals surface area contributed by atoms with E-state index < -0.39 is 5.37 Å². The van der Waals surface area contributed by atoms with E-state index in [4.69, 9.17) is 16.3 Å². The molecule has 0 unspecified atom stereocenters. The Morgan fingerprint density at radius 1 is 1.38 bits per heavy atom. The molecule has 0 heterocycles. The lowest BCUT2D eigenvalue weighted by Gasteiger charge is -2.23. The van der Waals surface area contributed by atoms with Gasteiger partial charge in [0.2, 0.25) is 0 Å². The van der Waals surface area contributed by atoms with Gasteiger partial charge in [0.05, 0.1) is 18.8 Å². The zero-order chi connectivity index (χ0) is 12.1. The fraction of sp³-hybridized carbons (Fsp3) is 0.417. The molecule has 0 aliphatic rings. The number of amides is 1. The molecule has 0 spiro atoms. The van der Waals surface area contributed by atoms with Crippen LogP contribution in [0.25, 0.3) is 0 Å². The van der Waals surface area contributed by atoms with Crippen LogP contribution in [0.4, 0.5) is 10.5 Å². The van der Waals surface area contributed by atoms with Crippen LogP contribution in [0.5, 0.6) is 0 Å². The lowest BCUT2D eigenvalue weighted by atomic mass is 10.1. The first-order valence-corrected chi connectivity index (χ1v) is 5.48. The molecule has 1 aromatic rings. The third-order valence-electron chi connectivity index (χ3n) is 2.44. The molecule has 88 valence electrons. The smallest absolute Gasteiger partial charge is 0.320 e. The Hall–Kier alpha value is -1.06. The Balaban J connectivity index is 3.05. The summed E-state index contributed by atoms with van der Waals surface area (Å²) in [5.41, 5.74) is 2.94. The van der Waals surface area contributed by atoms with Crippen molar-refractivity contribution in [3.8, 4) is 0 Å². The SMILES string of the molecule is COCCN(C(=O)Cl)c1c(C)cccc1C. The van der Waals surface area contributed by atoms with Crippen LogP contribution in [0, 0.1) is 13.8 Å². The van der Waals surface area contributed by atoms with Gasteiger partial charge in [0.15, 0.2) is 0 Å². The molecule has 0 saturated carbocycles. The van der Waals surface area contributed by atoms with E-state index in [-0.39, 0.29) is 0 Å². The van der Waals surface area contributed by atoms with Crippen molar-refractivity contribution in [1.82, 2.24) is 0 Å². The molecule has 4 heteroatoms. The molecule has 3 nitrogen and oxygen atoms in total. The van der Waals surface area contributed by atoms with Gasteiger partial charge in [-0.3, -0.25) is 9.69 Å². The molecule has 1 amide bonds. The molecule has 0 radical (unpaired) electrons. The van der Waals surface area contributed by atoms with Crippen LogP contribution in [0.15, 0.2) is 18.2 Å². The van der Waals surface area contributed by atoms with E-state index in [2.05, 4.69) is 0 Å². The molecule has 1 aromatic carbocycles. The molecule has 0 bridgehead atoms. The summed E-state index contributed by atoms with van der Waals surface area (Å²) in [4.78, 5) is 12.9. The zero-order valence-corrected chi connectivity index (χ0v) is 10.5. The Bertz CT molecular complexity index is 359. The number of para-hydroxylation sites is 1. The Morgan fingerprint density at radius 2 is 1.94 bits per heavy atom. The summed E-state index contributed by atoms with van der Waals surface area (Å²) < 4.78 is 4.97. The number of halogens is 1. The van der Waals surface area contributed by atoms with Crippen molar-refractivity contribution in [2.75, 3.05) is 25.2 Å². The van der Waals surface area contributed by atoms with Crippen molar-refractivity contribution in [2.24, 2.45) is 0 Å². The molecule has 0 aliphatic carbocycles. The molecule has 0 N–H and O–H groups in total. The summed E-state index contributed by atoms with van der Waals surface area (Å²) in [7, 11) is 1.60. The summed E-state index contributed by atoms with van der Waals surface area (Å²) in [6.07, 6.45) is 0. The van der Waals surface area contributed by atoms with Crippen molar-refractivity contribution < 1.29 is 9.53 Å². The second kappa shape index (κ2) is 5.87. The predicted molar refractivity (Wildman–Crippen MR) is 66.4 cm³/mol. The van der Waals surface area contributed by atoms with E-state index in [0.717, 1.165) is 16.8 Å². The standard InChI is InChI=1S/C12H16ClNO2/c1-9-5-4-6-10(2)11(9)14(12(13)15)7-8-16-3/h4-6H,7-8H2,1-3H3. The highest BCUT2D eigenvalue weighted by molar-refractivity contribution is 6.66. The third kappa shape index (κ3) is 2.97. The van der Waals surface area contributed by atoms with Gasteiger partial charge in [-0.05, 0) is 36.6 Å². The fourth-order valence-electron chi connectivity index (χ4n) is 1.70. The molecule has 0 saturated heterocycles. The van der Waals surface area contributed by atoms with Crippen molar-refractivity contribution in [2.45, 2.75) is 13.8 Å². The number of carbonyl (C=O) groups is 1. The number of carbonyl (C=O) groups excluding carboxylic acids is 1. The number of methoxy groups -OCH3 is 1. The Labute approximate surface area is 101 Å². The lowest BCUT2D eigenvalue weighted by Crippen LogP contribution is -2.30. The number of rotatable bonds is 4. The normalized spacial score (nSPS) is 10.2. The lowest BCUT2D eigenvalue weighted by molar-refractivity contribution is 0.205. The van der Waals surface area contributed by atoms with E-state index in [1.807, 2.05) is 32.0 Å². The van der Waals surface area contributed by atoms with Gasteiger partial charge in [-0.1, -0.05) is 18.2 Å². The highest BCUT2D eigenvalue weighted by Gasteiger charge is 2.16. The summed E-state index contributed by atoms with van der Waals surface area (Å²) in [5, 5.41) is -0.477. The maximum atomic E-state index is 11.4. The minimum Gasteiger partial charge on any atom is -0.383 e. The number of aryl methyl sites for hydroxylation is 2. The topological polar surface area (TPSA) is 29.5 Å².